The summed E-state index contributed by atoms with van der Waals surface area (Å²) in [7, 11) is 0. The number of aromatic nitrogens is 1. The van der Waals surface area contributed by atoms with Crippen molar-refractivity contribution >= 4 is 34.8 Å². The molecule has 0 aliphatic rings. The average Bonchev–Trinajstić information content (AvgIpc) is 2.32. The van der Waals surface area contributed by atoms with Crippen molar-refractivity contribution in [2.45, 2.75) is 6.42 Å². The molecule has 1 amide bonds. The quantitative estimate of drug-likeness (QED) is 0.934. The summed E-state index contributed by atoms with van der Waals surface area (Å²) < 4.78 is 0. The SMILES string of the molecule is O=C(Cc1cccc(Cl)c1)Nc1cnccc1Cl. The molecule has 1 aromatic carbocycles. The van der Waals surface area contributed by atoms with Crippen molar-refractivity contribution in [3.63, 3.8) is 0 Å². The summed E-state index contributed by atoms with van der Waals surface area (Å²) in [6.45, 7) is 0. The maximum absolute atomic E-state index is 11.8. The van der Waals surface area contributed by atoms with Gasteiger partial charge in [0.25, 0.3) is 0 Å². The van der Waals surface area contributed by atoms with Crippen molar-refractivity contribution in [1.29, 1.82) is 0 Å². The summed E-state index contributed by atoms with van der Waals surface area (Å²) in [5.74, 6) is -0.160. The van der Waals surface area contributed by atoms with E-state index in [9.17, 15) is 4.79 Å². The van der Waals surface area contributed by atoms with Crippen LogP contribution >= 0.6 is 23.2 Å². The Morgan fingerprint density at radius 1 is 1.28 bits per heavy atom. The molecule has 0 spiro atoms. The molecule has 3 nitrogen and oxygen atoms in total. The highest BCUT2D eigenvalue weighted by molar-refractivity contribution is 6.33. The molecule has 0 aliphatic carbocycles. The second kappa shape index (κ2) is 5.85. The molecule has 0 unspecified atom stereocenters. The van der Waals surface area contributed by atoms with Gasteiger partial charge in [0.05, 0.1) is 23.3 Å². The van der Waals surface area contributed by atoms with Crippen LogP contribution in [0.5, 0.6) is 0 Å². The summed E-state index contributed by atoms with van der Waals surface area (Å²) in [5.41, 5.74) is 1.35. The van der Waals surface area contributed by atoms with E-state index in [0.29, 0.717) is 15.7 Å². The largest absolute Gasteiger partial charge is 0.323 e. The first-order valence-electron chi connectivity index (χ1n) is 5.29. The minimum absolute atomic E-state index is 0.160. The number of hydrogen-bond donors (Lipinski definition) is 1. The van der Waals surface area contributed by atoms with Gasteiger partial charge in [-0.15, -0.1) is 0 Å². The third-order valence-corrected chi connectivity index (χ3v) is 2.86. The number of halogens is 2. The lowest BCUT2D eigenvalue weighted by atomic mass is 10.1. The van der Waals surface area contributed by atoms with Gasteiger partial charge in [0, 0.05) is 11.2 Å². The van der Waals surface area contributed by atoms with E-state index in [4.69, 9.17) is 23.2 Å². The molecule has 0 radical (unpaired) electrons. The highest BCUT2D eigenvalue weighted by Gasteiger charge is 2.07. The number of hydrogen-bond acceptors (Lipinski definition) is 2. The number of anilines is 1. The zero-order chi connectivity index (χ0) is 13.0. The monoisotopic (exact) mass is 280 g/mol. The fourth-order valence-electron chi connectivity index (χ4n) is 1.50. The zero-order valence-corrected chi connectivity index (χ0v) is 10.9. The van der Waals surface area contributed by atoms with E-state index in [1.54, 1.807) is 24.4 Å². The molecule has 5 heteroatoms. The van der Waals surface area contributed by atoms with E-state index < -0.39 is 0 Å². The molecule has 0 atom stereocenters. The molecule has 1 N–H and O–H groups in total. The molecule has 0 saturated heterocycles. The van der Waals surface area contributed by atoms with Crippen LogP contribution in [0.25, 0.3) is 0 Å². The van der Waals surface area contributed by atoms with Gasteiger partial charge < -0.3 is 5.32 Å². The average molecular weight is 281 g/mol. The zero-order valence-electron chi connectivity index (χ0n) is 9.36. The highest BCUT2D eigenvalue weighted by Crippen LogP contribution is 2.19. The van der Waals surface area contributed by atoms with Gasteiger partial charge in [-0.05, 0) is 23.8 Å². The molecular formula is C13H10Cl2N2O. The maximum atomic E-state index is 11.8. The fraction of sp³-hybridized carbons (Fsp3) is 0.0769. The topological polar surface area (TPSA) is 42.0 Å². The predicted molar refractivity (Wildman–Crippen MR) is 73.0 cm³/mol. The number of nitrogens with zero attached hydrogens (tertiary/aromatic N) is 1. The highest BCUT2D eigenvalue weighted by atomic mass is 35.5. The fourth-order valence-corrected chi connectivity index (χ4v) is 1.86. The first kappa shape index (κ1) is 12.9. The van der Waals surface area contributed by atoms with Crippen LogP contribution in [0.1, 0.15) is 5.56 Å². The Morgan fingerprint density at radius 3 is 2.83 bits per heavy atom. The van der Waals surface area contributed by atoms with Crippen LogP contribution in [-0.2, 0) is 11.2 Å². The number of benzene rings is 1. The van der Waals surface area contributed by atoms with E-state index in [1.165, 1.54) is 6.20 Å². The lowest BCUT2D eigenvalue weighted by Crippen LogP contribution is -2.14. The van der Waals surface area contributed by atoms with Gasteiger partial charge in [-0.1, -0.05) is 35.3 Å². The molecule has 1 aromatic heterocycles. The van der Waals surface area contributed by atoms with Gasteiger partial charge in [-0.25, -0.2) is 0 Å². The lowest BCUT2D eigenvalue weighted by Gasteiger charge is -2.06. The third kappa shape index (κ3) is 3.45. The van der Waals surface area contributed by atoms with E-state index >= 15 is 0 Å². The predicted octanol–water partition coefficient (Wildman–Crippen LogP) is 3.57. The van der Waals surface area contributed by atoms with E-state index in [-0.39, 0.29) is 12.3 Å². The Bertz CT molecular complexity index is 572. The van der Waals surface area contributed by atoms with Crippen molar-refractivity contribution in [2.75, 3.05) is 5.32 Å². The van der Waals surface area contributed by atoms with Crippen LogP contribution in [0.15, 0.2) is 42.7 Å². The summed E-state index contributed by atoms with van der Waals surface area (Å²) in [5, 5.41) is 3.77. The second-order valence-electron chi connectivity index (χ2n) is 3.71. The van der Waals surface area contributed by atoms with Crippen molar-refractivity contribution in [2.24, 2.45) is 0 Å². The van der Waals surface area contributed by atoms with Crippen LogP contribution in [-0.4, -0.2) is 10.9 Å². The number of nitrogens with one attached hydrogen (secondary N) is 1. The summed E-state index contributed by atoms with van der Waals surface area (Å²) in [6.07, 6.45) is 3.32. The molecule has 2 rings (SSSR count). The van der Waals surface area contributed by atoms with Crippen molar-refractivity contribution < 1.29 is 4.79 Å². The minimum Gasteiger partial charge on any atom is -0.323 e. The van der Waals surface area contributed by atoms with Crippen LogP contribution in [0.2, 0.25) is 10.0 Å². The Hall–Kier alpha value is -1.58. The van der Waals surface area contributed by atoms with Gasteiger partial charge in [0.1, 0.15) is 0 Å². The maximum Gasteiger partial charge on any atom is 0.228 e. The van der Waals surface area contributed by atoms with Crippen molar-refractivity contribution in [3.8, 4) is 0 Å². The van der Waals surface area contributed by atoms with E-state index in [2.05, 4.69) is 10.3 Å². The second-order valence-corrected chi connectivity index (χ2v) is 4.55. The van der Waals surface area contributed by atoms with Gasteiger partial charge in [0.2, 0.25) is 5.91 Å². The standard InChI is InChI=1S/C13H10Cl2N2O/c14-10-3-1-2-9(6-10)7-13(18)17-12-8-16-5-4-11(12)15/h1-6,8H,7H2,(H,17,18). The number of amides is 1. The van der Waals surface area contributed by atoms with Crippen molar-refractivity contribution in [1.82, 2.24) is 4.98 Å². The van der Waals surface area contributed by atoms with E-state index in [1.807, 2.05) is 12.1 Å². The van der Waals surface area contributed by atoms with Gasteiger partial charge in [0.15, 0.2) is 0 Å². The summed E-state index contributed by atoms with van der Waals surface area (Å²) in [6, 6.07) is 8.79. The smallest absolute Gasteiger partial charge is 0.228 e. The molecule has 18 heavy (non-hydrogen) atoms. The molecule has 0 fully saturated rings. The summed E-state index contributed by atoms with van der Waals surface area (Å²) >= 11 is 11.8. The molecule has 2 aromatic rings. The molecule has 1 heterocycles. The molecule has 0 saturated carbocycles. The Labute approximate surface area is 115 Å². The normalized spacial score (nSPS) is 10.1. The van der Waals surface area contributed by atoms with Gasteiger partial charge >= 0.3 is 0 Å². The molecule has 0 aliphatic heterocycles. The Morgan fingerprint density at radius 2 is 2.11 bits per heavy atom. The number of carbonyl (C=O) groups is 1. The molecule has 92 valence electrons. The number of carbonyl (C=O) groups excluding carboxylic acids is 1. The Balaban J connectivity index is 2.03. The number of rotatable bonds is 3. The molecule has 0 bridgehead atoms. The third-order valence-electron chi connectivity index (χ3n) is 2.30. The van der Waals surface area contributed by atoms with Crippen LogP contribution in [0, 0.1) is 0 Å². The minimum atomic E-state index is -0.160. The molecular weight excluding hydrogens is 271 g/mol. The van der Waals surface area contributed by atoms with E-state index in [0.717, 1.165) is 5.56 Å². The lowest BCUT2D eigenvalue weighted by molar-refractivity contribution is -0.115. The first-order chi connectivity index (χ1) is 8.65. The van der Waals surface area contributed by atoms with Crippen LogP contribution in [0.3, 0.4) is 0 Å². The number of pyridine rings is 1. The summed E-state index contributed by atoms with van der Waals surface area (Å²) in [4.78, 5) is 15.7. The van der Waals surface area contributed by atoms with Crippen molar-refractivity contribution in [3.05, 3.63) is 58.3 Å². The van der Waals surface area contributed by atoms with Crippen LogP contribution < -0.4 is 5.32 Å². The van der Waals surface area contributed by atoms with Crippen LogP contribution in [0.4, 0.5) is 5.69 Å². The Kier molecular flexibility index (Phi) is 4.18. The van der Waals surface area contributed by atoms with Gasteiger partial charge in [-0.2, -0.15) is 0 Å². The van der Waals surface area contributed by atoms with Gasteiger partial charge in [-0.3, -0.25) is 9.78 Å². The first-order valence-corrected chi connectivity index (χ1v) is 6.04.